The second-order valence-electron chi connectivity index (χ2n) is 8.96. The van der Waals surface area contributed by atoms with Crippen LogP contribution in [0.5, 0.6) is 11.5 Å². The minimum absolute atomic E-state index is 0.0320. The van der Waals surface area contributed by atoms with Crippen LogP contribution in [0.4, 0.5) is 0 Å². The largest absolute Gasteiger partial charge is 0.493 e. The van der Waals surface area contributed by atoms with E-state index in [0.717, 1.165) is 42.5 Å². The quantitative estimate of drug-likeness (QED) is 0.486. The predicted molar refractivity (Wildman–Crippen MR) is 137 cm³/mol. The topological polar surface area (TPSA) is 112 Å². The van der Waals surface area contributed by atoms with E-state index in [0.29, 0.717) is 17.0 Å². The summed E-state index contributed by atoms with van der Waals surface area (Å²) in [4.78, 5) is 27.1. The van der Waals surface area contributed by atoms with Gasteiger partial charge in [-0.3, -0.25) is 18.8 Å². The maximum Gasteiger partial charge on any atom is 0.330 e. The zero-order chi connectivity index (χ0) is 26.0. The van der Waals surface area contributed by atoms with Gasteiger partial charge in [-0.05, 0) is 61.8 Å². The van der Waals surface area contributed by atoms with Crippen molar-refractivity contribution in [1.82, 2.24) is 18.8 Å². The summed E-state index contributed by atoms with van der Waals surface area (Å²) in [6, 6.07) is 9.64. The van der Waals surface area contributed by atoms with Crippen molar-refractivity contribution in [3.63, 3.8) is 0 Å². The number of likely N-dealkylation sites (tertiary alicyclic amines) is 1. The van der Waals surface area contributed by atoms with E-state index in [1.165, 1.54) is 29.8 Å². The molecule has 36 heavy (non-hydrogen) atoms. The molecule has 2 aromatic carbocycles. The Labute approximate surface area is 210 Å². The fraction of sp³-hybridized carbons (Fsp3) is 0.440. The van der Waals surface area contributed by atoms with Gasteiger partial charge in [0.2, 0.25) is 10.0 Å². The standard InChI is InChI=1S/C25H32N4O6S/c1-27-20-10-9-18(15-19(20)24(30)28(2)25(27)31)36(32,33)26-16-21(29-12-6-5-7-13-29)17-8-11-22(34-3)23(14-17)35-4/h8-11,14-15,21,26H,5-7,12-13,16H2,1-4H3. The number of hydrogen-bond donors (Lipinski definition) is 1. The highest BCUT2D eigenvalue weighted by Gasteiger charge is 2.26. The van der Waals surface area contributed by atoms with Gasteiger partial charge in [-0.1, -0.05) is 12.5 Å². The fourth-order valence-electron chi connectivity index (χ4n) is 4.76. The number of ether oxygens (including phenoxy) is 2. The zero-order valence-electron chi connectivity index (χ0n) is 21.0. The number of aromatic nitrogens is 2. The highest BCUT2D eigenvalue weighted by atomic mass is 32.2. The monoisotopic (exact) mass is 516 g/mol. The molecule has 4 rings (SSSR count). The van der Waals surface area contributed by atoms with Crippen LogP contribution in [0.3, 0.4) is 0 Å². The van der Waals surface area contributed by atoms with Crippen molar-refractivity contribution < 1.29 is 17.9 Å². The van der Waals surface area contributed by atoms with Gasteiger partial charge in [0.25, 0.3) is 5.56 Å². The van der Waals surface area contributed by atoms with E-state index >= 15 is 0 Å². The summed E-state index contributed by atoms with van der Waals surface area (Å²) < 4.78 is 42.5. The Morgan fingerprint density at radius 3 is 2.28 bits per heavy atom. The van der Waals surface area contributed by atoms with Crippen molar-refractivity contribution in [2.24, 2.45) is 14.1 Å². The van der Waals surface area contributed by atoms with Crippen molar-refractivity contribution in [3.05, 3.63) is 62.8 Å². The summed E-state index contributed by atoms with van der Waals surface area (Å²) in [6.07, 6.45) is 3.24. The molecular weight excluding hydrogens is 484 g/mol. The van der Waals surface area contributed by atoms with Crippen LogP contribution in [0.1, 0.15) is 30.9 Å². The van der Waals surface area contributed by atoms with Crippen LogP contribution in [0.15, 0.2) is 50.9 Å². The Kier molecular flexibility index (Phi) is 7.53. The number of hydrogen-bond acceptors (Lipinski definition) is 7. The minimum atomic E-state index is -3.94. The van der Waals surface area contributed by atoms with E-state index in [1.54, 1.807) is 21.3 Å². The number of nitrogens with one attached hydrogen (secondary N) is 1. The summed E-state index contributed by atoms with van der Waals surface area (Å²) >= 11 is 0. The van der Waals surface area contributed by atoms with Crippen LogP contribution in [-0.2, 0) is 24.1 Å². The zero-order valence-corrected chi connectivity index (χ0v) is 21.8. The van der Waals surface area contributed by atoms with Gasteiger partial charge >= 0.3 is 5.69 Å². The second kappa shape index (κ2) is 10.5. The molecule has 0 amide bonds. The van der Waals surface area contributed by atoms with Crippen LogP contribution in [0.2, 0.25) is 0 Å². The molecule has 0 spiro atoms. The van der Waals surface area contributed by atoms with Gasteiger partial charge in [0.05, 0.1) is 30.0 Å². The lowest BCUT2D eigenvalue weighted by Gasteiger charge is -2.35. The van der Waals surface area contributed by atoms with Crippen LogP contribution >= 0.6 is 0 Å². The smallest absolute Gasteiger partial charge is 0.330 e. The predicted octanol–water partition coefficient (Wildman–Crippen LogP) is 1.76. The van der Waals surface area contributed by atoms with Gasteiger partial charge in [-0.2, -0.15) is 0 Å². The molecule has 1 N–H and O–H groups in total. The molecular formula is C25H32N4O6S. The molecule has 1 saturated heterocycles. The minimum Gasteiger partial charge on any atom is -0.493 e. The SMILES string of the molecule is COc1ccc(C(CNS(=O)(=O)c2ccc3c(c2)c(=O)n(C)c(=O)n3C)N2CCCCC2)cc1OC. The first-order valence-electron chi connectivity index (χ1n) is 11.8. The van der Waals surface area contributed by atoms with Gasteiger partial charge in [0.15, 0.2) is 11.5 Å². The number of nitrogens with zero attached hydrogens (tertiary/aromatic N) is 3. The molecule has 10 nitrogen and oxygen atoms in total. The van der Waals surface area contributed by atoms with Crippen molar-refractivity contribution >= 4 is 20.9 Å². The van der Waals surface area contributed by atoms with Crippen molar-refractivity contribution in [1.29, 1.82) is 0 Å². The summed E-state index contributed by atoms with van der Waals surface area (Å²) in [5.74, 6) is 1.18. The maximum absolute atomic E-state index is 13.3. The van der Waals surface area contributed by atoms with Crippen molar-refractivity contribution in [2.45, 2.75) is 30.2 Å². The molecule has 194 valence electrons. The molecule has 0 saturated carbocycles. The Morgan fingerprint density at radius 1 is 0.917 bits per heavy atom. The van der Waals surface area contributed by atoms with Crippen LogP contribution in [0.25, 0.3) is 10.9 Å². The number of methoxy groups -OCH3 is 2. The van der Waals surface area contributed by atoms with Crippen LogP contribution < -0.4 is 25.4 Å². The maximum atomic E-state index is 13.3. The molecule has 1 aliphatic heterocycles. The first kappa shape index (κ1) is 25.9. The van der Waals surface area contributed by atoms with Gasteiger partial charge in [0.1, 0.15) is 0 Å². The Bertz CT molecular complexity index is 1490. The highest BCUT2D eigenvalue weighted by Crippen LogP contribution is 2.33. The summed E-state index contributed by atoms with van der Waals surface area (Å²) in [5.41, 5.74) is 0.278. The van der Waals surface area contributed by atoms with Gasteiger partial charge < -0.3 is 9.47 Å². The highest BCUT2D eigenvalue weighted by molar-refractivity contribution is 7.89. The number of sulfonamides is 1. The van der Waals surface area contributed by atoms with Gasteiger partial charge in [-0.15, -0.1) is 0 Å². The molecule has 1 aliphatic rings. The number of piperidine rings is 1. The normalized spacial score (nSPS) is 15.7. The third-order valence-corrected chi connectivity index (χ3v) is 8.26. The lowest BCUT2D eigenvalue weighted by Crippen LogP contribution is -2.40. The number of fused-ring (bicyclic) bond motifs is 1. The third-order valence-electron chi connectivity index (χ3n) is 6.84. The second-order valence-corrected chi connectivity index (χ2v) is 10.7. The summed E-state index contributed by atoms with van der Waals surface area (Å²) in [5, 5.41) is 0.162. The molecule has 1 atom stereocenters. The van der Waals surface area contributed by atoms with E-state index in [2.05, 4.69) is 9.62 Å². The Hall–Kier alpha value is -3.15. The van der Waals surface area contributed by atoms with E-state index in [1.807, 2.05) is 18.2 Å². The van der Waals surface area contributed by atoms with Crippen molar-refractivity contribution in [2.75, 3.05) is 33.9 Å². The lowest BCUT2D eigenvalue weighted by atomic mass is 10.0. The van der Waals surface area contributed by atoms with E-state index in [9.17, 15) is 18.0 Å². The third kappa shape index (κ3) is 4.91. The Morgan fingerprint density at radius 2 is 1.61 bits per heavy atom. The Balaban J connectivity index is 1.67. The molecule has 0 radical (unpaired) electrons. The molecule has 3 aromatic rings. The first-order valence-corrected chi connectivity index (χ1v) is 13.3. The van der Waals surface area contributed by atoms with Gasteiger partial charge in [-0.25, -0.2) is 17.9 Å². The molecule has 1 aromatic heterocycles. The molecule has 0 aliphatic carbocycles. The van der Waals surface area contributed by atoms with Crippen LogP contribution in [-0.4, -0.2) is 56.3 Å². The lowest BCUT2D eigenvalue weighted by molar-refractivity contribution is 0.164. The summed E-state index contributed by atoms with van der Waals surface area (Å²) in [7, 11) is 2.11. The van der Waals surface area contributed by atoms with E-state index < -0.39 is 21.3 Å². The average Bonchev–Trinajstić information content (AvgIpc) is 2.90. The van der Waals surface area contributed by atoms with Crippen LogP contribution in [0, 0.1) is 0 Å². The van der Waals surface area contributed by atoms with E-state index in [-0.39, 0.29) is 22.9 Å². The molecule has 1 fully saturated rings. The fourth-order valence-corrected chi connectivity index (χ4v) is 5.83. The van der Waals surface area contributed by atoms with Gasteiger partial charge in [0, 0.05) is 26.7 Å². The molecule has 1 unspecified atom stereocenters. The number of aryl methyl sites for hydroxylation is 1. The molecule has 11 heteroatoms. The number of benzene rings is 2. The first-order chi connectivity index (χ1) is 17.2. The van der Waals surface area contributed by atoms with E-state index in [4.69, 9.17) is 9.47 Å². The molecule has 0 bridgehead atoms. The molecule has 2 heterocycles. The average molecular weight is 517 g/mol. The summed E-state index contributed by atoms with van der Waals surface area (Å²) in [6.45, 7) is 1.86. The number of rotatable bonds is 8. The van der Waals surface area contributed by atoms with Crippen molar-refractivity contribution in [3.8, 4) is 11.5 Å².